The molecule has 1 fully saturated rings. The average Bonchev–Trinajstić information content (AvgIpc) is 2.12. The van der Waals surface area contributed by atoms with Crippen molar-refractivity contribution >= 4 is 0 Å². The molecule has 1 N–H and O–H groups in total. The monoisotopic (exact) mass is 195 g/mol. The minimum absolute atomic E-state index is 0.0895. The first-order valence-electron chi connectivity index (χ1n) is 4.84. The SMILES string of the molecule is CONC1CC(c2ccccc2F)C1. The van der Waals surface area contributed by atoms with Gasteiger partial charge in [-0.15, -0.1) is 0 Å². The van der Waals surface area contributed by atoms with Crippen LogP contribution in [0.2, 0.25) is 0 Å². The van der Waals surface area contributed by atoms with Crippen LogP contribution in [0, 0.1) is 5.82 Å². The molecule has 0 heterocycles. The van der Waals surface area contributed by atoms with Crippen molar-refractivity contribution in [1.82, 2.24) is 5.48 Å². The standard InChI is InChI=1S/C11H14FNO/c1-14-13-9-6-8(7-9)10-4-2-3-5-11(10)12/h2-5,8-9,13H,6-7H2,1H3. The summed E-state index contributed by atoms with van der Waals surface area (Å²) in [7, 11) is 1.61. The number of halogens is 1. The van der Waals surface area contributed by atoms with Gasteiger partial charge in [-0.2, -0.15) is 5.48 Å². The first kappa shape index (κ1) is 9.62. The molecule has 1 aromatic rings. The average molecular weight is 195 g/mol. The lowest BCUT2D eigenvalue weighted by atomic mass is 9.76. The first-order chi connectivity index (χ1) is 6.81. The smallest absolute Gasteiger partial charge is 0.126 e. The second-order valence-corrected chi connectivity index (χ2v) is 3.71. The van der Waals surface area contributed by atoms with Crippen molar-refractivity contribution in [2.45, 2.75) is 24.8 Å². The van der Waals surface area contributed by atoms with Gasteiger partial charge in [0.2, 0.25) is 0 Å². The molecule has 0 unspecified atom stereocenters. The molecule has 0 atom stereocenters. The molecule has 0 aliphatic heterocycles. The predicted molar refractivity (Wildman–Crippen MR) is 52.3 cm³/mol. The van der Waals surface area contributed by atoms with Crippen LogP contribution in [0.4, 0.5) is 4.39 Å². The molecule has 2 rings (SSSR count). The second kappa shape index (κ2) is 4.07. The first-order valence-corrected chi connectivity index (χ1v) is 4.84. The van der Waals surface area contributed by atoms with Crippen LogP contribution in [0.15, 0.2) is 24.3 Å². The number of hydroxylamine groups is 1. The quantitative estimate of drug-likeness (QED) is 0.747. The van der Waals surface area contributed by atoms with Crippen molar-refractivity contribution in [1.29, 1.82) is 0 Å². The van der Waals surface area contributed by atoms with Gasteiger partial charge in [-0.25, -0.2) is 4.39 Å². The van der Waals surface area contributed by atoms with Gasteiger partial charge in [-0.1, -0.05) is 18.2 Å². The van der Waals surface area contributed by atoms with E-state index in [4.69, 9.17) is 4.84 Å². The van der Waals surface area contributed by atoms with Crippen LogP contribution in [0.1, 0.15) is 24.3 Å². The van der Waals surface area contributed by atoms with E-state index in [1.54, 1.807) is 13.2 Å². The van der Waals surface area contributed by atoms with Gasteiger partial charge in [-0.05, 0) is 30.4 Å². The van der Waals surface area contributed by atoms with Crippen molar-refractivity contribution in [3.63, 3.8) is 0 Å². The fourth-order valence-corrected chi connectivity index (χ4v) is 1.94. The molecule has 0 spiro atoms. The Morgan fingerprint density at radius 1 is 1.36 bits per heavy atom. The molecule has 0 radical (unpaired) electrons. The summed E-state index contributed by atoms with van der Waals surface area (Å²) in [6.07, 6.45) is 1.91. The van der Waals surface area contributed by atoms with Crippen molar-refractivity contribution < 1.29 is 9.23 Å². The summed E-state index contributed by atoms with van der Waals surface area (Å²) in [5, 5.41) is 0. The highest BCUT2D eigenvalue weighted by atomic mass is 19.1. The normalized spacial score (nSPS) is 25.9. The van der Waals surface area contributed by atoms with Crippen LogP contribution in [0.25, 0.3) is 0 Å². The van der Waals surface area contributed by atoms with E-state index in [1.165, 1.54) is 6.07 Å². The maximum atomic E-state index is 13.3. The summed E-state index contributed by atoms with van der Waals surface area (Å²) in [6, 6.07) is 7.37. The number of nitrogens with one attached hydrogen (secondary N) is 1. The second-order valence-electron chi connectivity index (χ2n) is 3.71. The zero-order valence-corrected chi connectivity index (χ0v) is 8.16. The van der Waals surface area contributed by atoms with Gasteiger partial charge in [0.1, 0.15) is 5.82 Å². The van der Waals surface area contributed by atoms with Gasteiger partial charge in [-0.3, -0.25) is 0 Å². The van der Waals surface area contributed by atoms with E-state index in [1.807, 2.05) is 12.1 Å². The van der Waals surface area contributed by atoms with Crippen molar-refractivity contribution in [2.75, 3.05) is 7.11 Å². The van der Waals surface area contributed by atoms with Crippen LogP contribution < -0.4 is 5.48 Å². The highest BCUT2D eigenvalue weighted by molar-refractivity contribution is 5.24. The predicted octanol–water partition coefficient (Wildman–Crippen LogP) is 2.22. The molecule has 2 nitrogen and oxygen atoms in total. The Hall–Kier alpha value is -0.930. The van der Waals surface area contributed by atoms with Crippen LogP contribution >= 0.6 is 0 Å². The molecular formula is C11H14FNO. The molecule has 76 valence electrons. The van der Waals surface area contributed by atoms with E-state index in [2.05, 4.69) is 5.48 Å². The van der Waals surface area contributed by atoms with E-state index in [-0.39, 0.29) is 5.82 Å². The fourth-order valence-electron chi connectivity index (χ4n) is 1.94. The van der Waals surface area contributed by atoms with Gasteiger partial charge >= 0.3 is 0 Å². The minimum atomic E-state index is -0.0895. The molecule has 1 saturated carbocycles. The van der Waals surface area contributed by atoms with E-state index in [0.717, 1.165) is 18.4 Å². The maximum Gasteiger partial charge on any atom is 0.126 e. The van der Waals surface area contributed by atoms with Crippen LogP contribution in [-0.2, 0) is 4.84 Å². The van der Waals surface area contributed by atoms with Gasteiger partial charge in [0.05, 0.1) is 7.11 Å². The molecule has 0 saturated heterocycles. The van der Waals surface area contributed by atoms with Crippen molar-refractivity contribution in [3.05, 3.63) is 35.6 Å². The Morgan fingerprint density at radius 3 is 2.71 bits per heavy atom. The highest BCUT2D eigenvalue weighted by Crippen LogP contribution is 2.37. The molecule has 1 aliphatic carbocycles. The molecule has 1 aliphatic rings. The van der Waals surface area contributed by atoms with Crippen molar-refractivity contribution in [2.24, 2.45) is 0 Å². The zero-order valence-electron chi connectivity index (χ0n) is 8.16. The summed E-state index contributed by atoms with van der Waals surface area (Å²) in [5.41, 5.74) is 3.71. The Bertz CT molecular complexity index is 310. The summed E-state index contributed by atoms with van der Waals surface area (Å²) in [5.74, 6) is 0.261. The van der Waals surface area contributed by atoms with Gasteiger partial charge in [0.15, 0.2) is 0 Å². The lowest BCUT2D eigenvalue weighted by molar-refractivity contribution is 0.0281. The number of benzene rings is 1. The van der Waals surface area contributed by atoms with E-state index in [9.17, 15) is 4.39 Å². The van der Waals surface area contributed by atoms with Crippen molar-refractivity contribution in [3.8, 4) is 0 Å². The molecule has 0 aromatic heterocycles. The van der Waals surface area contributed by atoms with Crippen LogP contribution in [-0.4, -0.2) is 13.2 Å². The topological polar surface area (TPSA) is 21.3 Å². The summed E-state index contributed by atoms with van der Waals surface area (Å²) in [4.78, 5) is 4.82. The van der Waals surface area contributed by atoms with E-state index in [0.29, 0.717) is 12.0 Å². The molecule has 0 bridgehead atoms. The molecule has 14 heavy (non-hydrogen) atoms. The van der Waals surface area contributed by atoms with E-state index < -0.39 is 0 Å². The van der Waals surface area contributed by atoms with E-state index >= 15 is 0 Å². The third-order valence-electron chi connectivity index (χ3n) is 2.77. The summed E-state index contributed by atoms with van der Waals surface area (Å²) >= 11 is 0. The number of rotatable bonds is 3. The summed E-state index contributed by atoms with van der Waals surface area (Å²) < 4.78 is 13.3. The third-order valence-corrected chi connectivity index (χ3v) is 2.77. The Balaban J connectivity index is 1.96. The van der Waals surface area contributed by atoms with Gasteiger partial charge in [0, 0.05) is 6.04 Å². The zero-order chi connectivity index (χ0) is 9.97. The fraction of sp³-hybridized carbons (Fsp3) is 0.455. The summed E-state index contributed by atoms with van der Waals surface area (Å²) in [6.45, 7) is 0. The lowest BCUT2D eigenvalue weighted by Crippen LogP contribution is -2.39. The molecule has 1 aromatic carbocycles. The van der Waals surface area contributed by atoms with Gasteiger partial charge in [0.25, 0.3) is 0 Å². The minimum Gasteiger partial charge on any atom is -0.305 e. The highest BCUT2D eigenvalue weighted by Gasteiger charge is 2.31. The van der Waals surface area contributed by atoms with Gasteiger partial charge < -0.3 is 4.84 Å². The third kappa shape index (κ3) is 1.79. The maximum absolute atomic E-state index is 13.3. The molecular weight excluding hydrogens is 181 g/mol. The van der Waals surface area contributed by atoms with Crippen LogP contribution in [0.3, 0.4) is 0 Å². The molecule has 3 heteroatoms. The van der Waals surface area contributed by atoms with Crippen LogP contribution in [0.5, 0.6) is 0 Å². The number of hydrogen-bond acceptors (Lipinski definition) is 2. The lowest BCUT2D eigenvalue weighted by Gasteiger charge is -2.35. The number of hydrogen-bond donors (Lipinski definition) is 1. The Kier molecular flexibility index (Phi) is 2.79. The largest absolute Gasteiger partial charge is 0.305 e. The molecule has 0 amide bonds. The Morgan fingerprint density at radius 2 is 2.07 bits per heavy atom. The Labute approximate surface area is 83.0 Å².